The molecule has 3 heteroatoms. The Labute approximate surface area is 118 Å². The van der Waals surface area contributed by atoms with Crippen LogP contribution in [-0.2, 0) is 6.42 Å². The highest BCUT2D eigenvalue weighted by atomic mass is 35.5. The summed E-state index contributed by atoms with van der Waals surface area (Å²) in [4.78, 5) is 0. The molecule has 2 nitrogen and oxygen atoms in total. The average molecular weight is 276 g/mol. The average Bonchev–Trinajstić information content (AvgIpc) is 2.43. The van der Waals surface area contributed by atoms with Gasteiger partial charge < -0.3 is 10.4 Å². The van der Waals surface area contributed by atoms with Gasteiger partial charge in [0, 0.05) is 10.6 Å². The molecule has 0 bridgehead atoms. The first-order chi connectivity index (χ1) is 9.24. The van der Waals surface area contributed by atoms with E-state index in [0.717, 1.165) is 40.9 Å². The lowest BCUT2D eigenvalue weighted by molar-refractivity contribution is 0.367. The van der Waals surface area contributed by atoms with Gasteiger partial charge in [-0.1, -0.05) is 23.7 Å². The third-order valence-corrected chi connectivity index (χ3v) is 4.26. The number of rotatable bonds is 2. The monoisotopic (exact) mass is 275 g/mol. The maximum Gasteiger partial charge on any atom is 0.119 e. The van der Waals surface area contributed by atoms with Crippen LogP contribution >= 0.6 is 11.6 Å². The van der Waals surface area contributed by atoms with Gasteiger partial charge >= 0.3 is 0 Å². The van der Waals surface area contributed by atoms with Gasteiger partial charge in [0.15, 0.2) is 0 Å². The Hall–Kier alpha value is -1.25. The number of benzene rings is 2. The van der Waals surface area contributed by atoms with Gasteiger partial charge in [0.1, 0.15) is 5.75 Å². The first-order valence-corrected chi connectivity index (χ1v) is 7.22. The minimum absolute atomic E-state index is 0.411. The maximum atomic E-state index is 10.2. The smallest absolute Gasteiger partial charge is 0.119 e. The zero-order valence-electron chi connectivity index (χ0n) is 10.8. The molecule has 3 rings (SSSR count). The van der Waals surface area contributed by atoms with E-state index in [2.05, 4.69) is 5.32 Å². The highest BCUT2D eigenvalue weighted by Crippen LogP contribution is 2.32. The summed E-state index contributed by atoms with van der Waals surface area (Å²) in [5, 5.41) is 16.5. The van der Waals surface area contributed by atoms with Gasteiger partial charge in [-0.25, -0.2) is 0 Å². The fraction of sp³-hybridized carbons (Fsp3) is 0.375. The van der Waals surface area contributed by atoms with E-state index < -0.39 is 0 Å². The Bertz CT molecular complexity index is 591. The second-order valence-corrected chi connectivity index (χ2v) is 5.76. The summed E-state index contributed by atoms with van der Waals surface area (Å²) in [6.07, 6.45) is 3.32. The van der Waals surface area contributed by atoms with E-state index >= 15 is 0 Å². The second-order valence-electron chi connectivity index (χ2n) is 5.33. The Morgan fingerprint density at radius 3 is 2.74 bits per heavy atom. The molecule has 0 unspecified atom stereocenters. The molecule has 0 aliphatic carbocycles. The van der Waals surface area contributed by atoms with Crippen molar-refractivity contribution >= 4 is 22.4 Å². The molecular formula is C16H18ClNO. The van der Waals surface area contributed by atoms with Crippen LogP contribution in [0.4, 0.5) is 0 Å². The van der Waals surface area contributed by atoms with Gasteiger partial charge in [-0.15, -0.1) is 0 Å². The molecule has 1 saturated heterocycles. The molecule has 0 radical (unpaired) electrons. The molecule has 0 spiro atoms. The van der Waals surface area contributed by atoms with Gasteiger partial charge in [-0.2, -0.15) is 0 Å². The first kappa shape index (κ1) is 12.8. The summed E-state index contributed by atoms with van der Waals surface area (Å²) >= 11 is 6.03. The standard InChI is InChI=1S/C16H18ClNO/c17-13-2-3-14-12(10-13)1-4-16(19)15(14)9-11-5-7-18-8-6-11/h1-4,10-11,18-19H,5-9H2. The molecule has 0 atom stereocenters. The van der Waals surface area contributed by atoms with Gasteiger partial charge in [-0.3, -0.25) is 0 Å². The van der Waals surface area contributed by atoms with Gasteiger partial charge in [0.05, 0.1) is 0 Å². The van der Waals surface area contributed by atoms with Crippen molar-refractivity contribution in [1.82, 2.24) is 5.32 Å². The molecule has 2 aromatic rings. The van der Waals surface area contributed by atoms with Gasteiger partial charge in [-0.05, 0) is 67.2 Å². The highest BCUT2D eigenvalue weighted by Gasteiger charge is 2.17. The summed E-state index contributed by atoms with van der Waals surface area (Å²) in [7, 11) is 0. The van der Waals surface area contributed by atoms with Crippen LogP contribution in [0.15, 0.2) is 30.3 Å². The van der Waals surface area contributed by atoms with Crippen molar-refractivity contribution in [2.24, 2.45) is 5.92 Å². The lowest BCUT2D eigenvalue weighted by Gasteiger charge is -2.23. The van der Waals surface area contributed by atoms with Crippen molar-refractivity contribution in [1.29, 1.82) is 0 Å². The fourth-order valence-electron chi connectivity index (χ4n) is 2.94. The van der Waals surface area contributed by atoms with Crippen LogP contribution in [0.3, 0.4) is 0 Å². The quantitative estimate of drug-likeness (QED) is 0.875. The maximum absolute atomic E-state index is 10.2. The third-order valence-electron chi connectivity index (χ3n) is 4.02. The second kappa shape index (κ2) is 5.40. The number of fused-ring (bicyclic) bond motifs is 1. The third kappa shape index (κ3) is 2.70. The molecule has 0 amide bonds. The Kier molecular flexibility index (Phi) is 3.63. The lowest BCUT2D eigenvalue weighted by atomic mass is 9.88. The first-order valence-electron chi connectivity index (χ1n) is 6.85. The van der Waals surface area contributed by atoms with Crippen molar-refractivity contribution in [2.75, 3.05) is 13.1 Å². The molecular weight excluding hydrogens is 258 g/mol. The van der Waals surface area contributed by atoms with Crippen LogP contribution in [0, 0.1) is 5.92 Å². The van der Waals surface area contributed by atoms with Crippen LogP contribution < -0.4 is 5.32 Å². The molecule has 1 fully saturated rings. The predicted molar refractivity (Wildman–Crippen MR) is 79.9 cm³/mol. The van der Waals surface area contributed by atoms with Gasteiger partial charge in [0.2, 0.25) is 0 Å². The molecule has 1 aliphatic heterocycles. The van der Waals surface area contributed by atoms with Crippen molar-refractivity contribution in [3.8, 4) is 5.75 Å². The van der Waals surface area contributed by atoms with Crippen molar-refractivity contribution in [2.45, 2.75) is 19.3 Å². The molecule has 1 aliphatic rings. The van der Waals surface area contributed by atoms with Crippen LogP contribution in [0.1, 0.15) is 18.4 Å². The van der Waals surface area contributed by atoms with Crippen LogP contribution in [0.2, 0.25) is 5.02 Å². The summed E-state index contributed by atoms with van der Waals surface area (Å²) in [5.41, 5.74) is 1.07. The summed E-state index contributed by atoms with van der Waals surface area (Å²) in [6.45, 7) is 2.17. The predicted octanol–water partition coefficient (Wildman–Crippen LogP) is 3.74. The molecule has 1 heterocycles. The number of phenols is 1. The SMILES string of the molecule is Oc1ccc2cc(Cl)ccc2c1CC1CCNCC1. The number of nitrogens with one attached hydrogen (secondary N) is 1. The van der Waals surface area contributed by atoms with Crippen molar-refractivity contribution in [3.63, 3.8) is 0 Å². The Morgan fingerprint density at radius 1 is 1.16 bits per heavy atom. The number of hydrogen-bond acceptors (Lipinski definition) is 2. The zero-order chi connectivity index (χ0) is 13.2. The summed E-state index contributed by atoms with van der Waals surface area (Å²) in [6, 6.07) is 9.60. The Morgan fingerprint density at radius 2 is 1.95 bits per heavy atom. The fourth-order valence-corrected chi connectivity index (χ4v) is 3.12. The van der Waals surface area contributed by atoms with Crippen molar-refractivity contribution in [3.05, 3.63) is 40.9 Å². The molecule has 2 aromatic carbocycles. The number of piperidine rings is 1. The summed E-state index contributed by atoms with van der Waals surface area (Å²) < 4.78 is 0. The number of hydrogen-bond donors (Lipinski definition) is 2. The topological polar surface area (TPSA) is 32.3 Å². The normalized spacial score (nSPS) is 16.9. The van der Waals surface area contributed by atoms with E-state index in [1.807, 2.05) is 24.3 Å². The van der Waals surface area contributed by atoms with Gasteiger partial charge in [0.25, 0.3) is 0 Å². The number of aromatic hydroxyl groups is 1. The van der Waals surface area contributed by atoms with E-state index in [-0.39, 0.29) is 0 Å². The Balaban J connectivity index is 1.98. The summed E-state index contributed by atoms with van der Waals surface area (Å²) in [5.74, 6) is 1.07. The molecule has 100 valence electrons. The van der Waals surface area contributed by atoms with E-state index in [1.54, 1.807) is 6.07 Å². The molecule has 19 heavy (non-hydrogen) atoms. The van der Waals surface area contributed by atoms with Crippen molar-refractivity contribution < 1.29 is 5.11 Å². The lowest BCUT2D eigenvalue weighted by Crippen LogP contribution is -2.28. The molecule has 0 saturated carbocycles. The molecule has 2 N–H and O–H groups in total. The minimum atomic E-state index is 0.411. The molecule has 0 aromatic heterocycles. The van der Waals surface area contributed by atoms with Crippen LogP contribution in [0.25, 0.3) is 10.8 Å². The van der Waals surface area contributed by atoms with E-state index in [1.165, 1.54) is 12.8 Å². The highest BCUT2D eigenvalue weighted by molar-refractivity contribution is 6.31. The van der Waals surface area contributed by atoms with E-state index in [0.29, 0.717) is 11.7 Å². The van der Waals surface area contributed by atoms with Crippen LogP contribution in [0.5, 0.6) is 5.75 Å². The van der Waals surface area contributed by atoms with E-state index in [4.69, 9.17) is 11.6 Å². The largest absolute Gasteiger partial charge is 0.508 e. The van der Waals surface area contributed by atoms with E-state index in [9.17, 15) is 5.11 Å². The zero-order valence-corrected chi connectivity index (χ0v) is 11.6. The minimum Gasteiger partial charge on any atom is -0.508 e. The van der Waals surface area contributed by atoms with Crippen LogP contribution in [-0.4, -0.2) is 18.2 Å². The number of halogens is 1. The number of phenolic OH excluding ortho intramolecular Hbond substituents is 1.